The number of ether oxygens (including phenoxy) is 1. The van der Waals surface area contributed by atoms with Crippen LogP contribution in [0.5, 0.6) is 0 Å². The first-order valence-corrected chi connectivity index (χ1v) is 8.64. The molecule has 0 radical (unpaired) electrons. The Morgan fingerprint density at radius 1 is 1.11 bits per heavy atom. The zero-order valence-corrected chi connectivity index (χ0v) is 15.0. The van der Waals surface area contributed by atoms with Gasteiger partial charge < -0.3 is 9.15 Å². The second kappa shape index (κ2) is 7.43. The number of para-hydroxylation sites is 1. The van der Waals surface area contributed by atoms with Crippen molar-refractivity contribution in [1.29, 1.82) is 0 Å². The van der Waals surface area contributed by atoms with E-state index in [-0.39, 0.29) is 18.0 Å². The molecule has 2 heterocycles. The maximum Gasteiger partial charge on any atom is 0.326 e. The van der Waals surface area contributed by atoms with Crippen molar-refractivity contribution in [3.8, 4) is 11.5 Å². The van der Waals surface area contributed by atoms with Crippen LogP contribution in [0.4, 0.5) is 0 Å². The van der Waals surface area contributed by atoms with E-state index in [1.165, 1.54) is 10.9 Å². The average molecular weight is 376 g/mol. The minimum absolute atomic E-state index is 0.177. The number of carbonyl (C=O) groups is 1. The lowest BCUT2D eigenvalue weighted by molar-refractivity contribution is -0.150. The third-order valence-corrected chi connectivity index (χ3v) is 4.15. The maximum absolute atomic E-state index is 12.5. The zero-order chi connectivity index (χ0) is 19.5. The summed E-state index contributed by atoms with van der Waals surface area (Å²) in [5.74, 6) is -0.0872. The van der Waals surface area contributed by atoms with Gasteiger partial charge in [0.25, 0.3) is 11.4 Å². The molecule has 0 fully saturated rings. The van der Waals surface area contributed by atoms with E-state index in [0.29, 0.717) is 16.8 Å². The van der Waals surface area contributed by atoms with E-state index in [1.54, 1.807) is 31.2 Å². The Morgan fingerprint density at radius 2 is 1.86 bits per heavy atom. The quantitative estimate of drug-likeness (QED) is 0.494. The molecule has 4 aromatic rings. The highest BCUT2D eigenvalue weighted by Gasteiger charge is 2.19. The van der Waals surface area contributed by atoms with Crippen LogP contribution in [-0.2, 0) is 16.1 Å². The molecule has 4 rings (SSSR count). The molecule has 2 aromatic heterocycles. The second-order valence-electron chi connectivity index (χ2n) is 6.14. The van der Waals surface area contributed by atoms with E-state index in [1.807, 2.05) is 30.3 Å². The van der Waals surface area contributed by atoms with Crippen LogP contribution in [0.25, 0.3) is 22.4 Å². The number of hydrogen-bond acceptors (Lipinski definition) is 7. The molecule has 0 bridgehead atoms. The molecule has 0 saturated carbocycles. The van der Waals surface area contributed by atoms with Crippen LogP contribution in [0.2, 0.25) is 0 Å². The number of esters is 1. The van der Waals surface area contributed by atoms with Crippen molar-refractivity contribution in [2.75, 3.05) is 0 Å². The van der Waals surface area contributed by atoms with Gasteiger partial charge in [0.05, 0.1) is 17.2 Å². The standard InChI is InChI=1S/C20H16N4O4/c1-13(18-22-23-19(28-18)14-7-3-2-4-8-14)27-17(25)11-24-12-21-16-10-6-5-9-15(16)20(24)26/h2-10,12-13H,11H2,1H3/t13-/m0/s1. The van der Waals surface area contributed by atoms with Crippen LogP contribution in [0, 0.1) is 0 Å². The molecule has 0 aliphatic heterocycles. The summed E-state index contributed by atoms with van der Waals surface area (Å²) >= 11 is 0. The molecule has 0 aliphatic carbocycles. The fourth-order valence-corrected chi connectivity index (χ4v) is 2.74. The van der Waals surface area contributed by atoms with Gasteiger partial charge in [-0.3, -0.25) is 14.2 Å². The molecule has 1 atom stereocenters. The monoisotopic (exact) mass is 376 g/mol. The van der Waals surface area contributed by atoms with Gasteiger partial charge in [-0.05, 0) is 31.2 Å². The van der Waals surface area contributed by atoms with Crippen molar-refractivity contribution in [1.82, 2.24) is 19.7 Å². The third-order valence-electron chi connectivity index (χ3n) is 4.15. The lowest BCUT2D eigenvalue weighted by Gasteiger charge is -2.10. The summed E-state index contributed by atoms with van der Waals surface area (Å²) in [6.07, 6.45) is 0.582. The van der Waals surface area contributed by atoms with Crippen molar-refractivity contribution < 1.29 is 13.9 Å². The van der Waals surface area contributed by atoms with Crippen molar-refractivity contribution in [3.63, 3.8) is 0 Å². The Morgan fingerprint density at radius 3 is 2.68 bits per heavy atom. The van der Waals surface area contributed by atoms with E-state index in [4.69, 9.17) is 9.15 Å². The lowest BCUT2D eigenvalue weighted by Crippen LogP contribution is -2.26. The third kappa shape index (κ3) is 3.52. The minimum Gasteiger partial charge on any atom is -0.451 e. The largest absolute Gasteiger partial charge is 0.451 e. The van der Waals surface area contributed by atoms with Crippen molar-refractivity contribution >= 4 is 16.9 Å². The summed E-state index contributed by atoms with van der Waals surface area (Å²) in [7, 11) is 0. The molecule has 0 aliphatic rings. The highest BCUT2D eigenvalue weighted by Crippen LogP contribution is 2.22. The Kier molecular flexibility index (Phi) is 4.67. The predicted octanol–water partition coefficient (Wildman–Crippen LogP) is 2.75. The molecule has 0 amide bonds. The maximum atomic E-state index is 12.5. The summed E-state index contributed by atoms with van der Waals surface area (Å²) < 4.78 is 12.1. The number of benzene rings is 2. The van der Waals surface area contributed by atoms with Gasteiger partial charge in [-0.25, -0.2) is 4.98 Å². The predicted molar refractivity (Wildman–Crippen MR) is 100 cm³/mol. The lowest BCUT2D eigenvalue weighted by atomic mass is 10.2. The first kappa shape index (κ1) is 17.6. The fourth-order valence-electron chi connectivity index (χ4n) is 2.74. The van der Waals surface area contributed by atoms with Gasteiger partial charge in [0, 0.05) is 5.56 Å². The topological polar surface area (TPSA) is 100 Å². The van der Waals surface area contributed by atoms with Crippen LogP contribution >= 0.6 is 0 Å². The number of hydrogen-bond donors (Lipinski definition) is 0. The Labute approximate surface area is 159 Å². The van der Waals surface area contributed by atoms with Gasteiger partial charge >= 0.3 is 5.97 Å². The Balaban J connectivity index is 1.46. The molecule has 0 unspecified atom stereocenters. The van der Waals surface area contributed by atoms with Gasteiger partial charge in [-0.2, -0.15) is 0 Å². The molecular formula is C20H16N4O4. The molecule has 0 N–H and O–H groups in total. The molecule has 8 nitrogen and oxygen atoms in total. The van der Waals surface area contributed by atoms with Gasteiger partial charge in [-0.1, -0.05) is 30.3 Å². The van der Waals surface area contributed by atoms with Gasteiger partial charge in [0.15, 0.2) is 6.10 Å². The molecule has 28 heavy (non-hydrogen) atoms. The summed E-state index contributed by atoms with van der Waals surface area (Å²) in [5, 5.41) is 8.35. The minimum atomic E-state index is -0.749. The van der Waals surface area contributed by atoms with Gasteiger partial charge in [-0.15, -0.1) is 10.2 Å². The van der Waals surface area contributed by atoms with Crippen LogP contribution in [0.15, 0.2) is 70.1 Å². The van der Waals surface area contributed by atoms with Crippen molar-refractivity contribution in [2.45, 2.75) is 19.6 Å². The summed E-state index contributed by atoms with van der Waals surface area (Å²) in [6, 6.07) is 16.2. The number of carbonyl (C=O) groups excluding carboxylic acids is 1. The summed E-state index contributed by atoms with van der Waals surface area (Å²) in [5.41, 5.74) is 1.04. The molecule has 0 spiro atoms. The number of fused-ring (bicyclic) bond motifs is 1. The van der Waals surface area contributed by atoms with Crippen LogP contribution in [0.1, 0.15) is 18.9 Å². The summed E-state index contributed by atoms with van der Waals surface area (Å²) in [6.45, 7) is 1.36. The highest BCUT2D eigenvalue weighted by molar-refractivity contribution is 5.77. The second-order valence-corrected chi connectivity index (χ2v) is 6.14. The molecule has 8 heteroatoms. The molecular weight excluding hydrogens is 360 g/mol. The first-order chi connectivity index (χ1) is 13.6. The smallest absolute Gasteiger partial charge is 0.326 e. The number of rotatable bonds is 5. The zero-order valence-electron chi connectivity index (χ0n) is 15.0. The normalized spacial score (nSPS) is 12.0. The van der Waals surface area contributed by atoms with Crippen LogP contribution in [0.3, 0.4) is 0 Å². The van der Waals surface area contributed by atoms with Crippen molar-refractivity contribution in [2.24, 2.45) is 0 Å². The van der Waals surface area contributed by atoms with Gasteiger partial charge in [0.2, 0.25) is 5.89 Å². The summed E-state index contributed by atoms with van der Waals surface area (Å²) in [4.78, 5) is 28.9. The number of aromatic nitrogens is 4. The molecule has 140 valence electrons. The van der Waals surface area contributed by atoms with E-state index in [9.17, 15) is 9.59 Å². The Hall–Kier alpha value is -3.81. The fraction of sp³-hybridized carbons (Fsp3) is 0.150. The van der Waals surface area contributed by atoms with E-state index in [2.05, 4.69) is 15.2 Å². The average Bonchev–Trinajstić information content (AvgIpc) is 3.21. The Bertz CT molecular complexity index is 1180. The van der Waals surface area contributed by atoms with E-state index >= 15 is 0 Å². The number of nitrogens with zero attached hydrogens (tertiary/aromatic N) is 4. The van der Waals surface area contributed by atoms with E-state index in [0.717, 1.165) is 5.56 Å². The van der Waals surface area contributed by atoms with E-state index < -0.39 is 12.1 Å². The van der Waals surface area contributed by atoms with Gasteiger partial charge in [0.1, 0.15) is 6.54 Å². The highest BCUT2D eigenvalue weighted by atomic mass is 16.6. The van der Waals surface area contributed by atoms with Crippen LogP contribution in [-0.4, -0.2) is 25.7 Å². The van der Waals surface area contributed by atoms with Crippen molar-refractivity contribution in [3.05, 3.63) is 77.2 Å². The first-order valence-electron chi connectivity index (χ1n) is 8.64. The van der Waals surface area contributed by atoms with Crippen LogP contribution < -0.4 is 5.56 Å². The molecule has 2 aromatic carbocycles. The molecule has 0 saturated heterocycles. The SMILES string of the molecule is C[C@H](OC(=O)Cn1cnc2ccccc2c1=O)c1nnc(-c2ccccc2)o1.